The zero-order chi connectivity index (χ0) is 14.7. The Labute approximate surface area is 123 Å². The molecular formula is C16H18N4O. The number of ether oxygens (including phenoxy) is 1. The molecule has 0 amide bonds. The predicted molar refractivity (Wildman–Crippen MR) is 83.6 cm³/mol. The summed E-state index contributed by atoms with van der Waals surface area (Å²) in [6, 6.07) is 10.1. The second kappa shape index (κ2) is 5.83. The summed E-state index contributed by atoms with van der Waals surface area (Å²) in [6.07, 6.45) is 5.54. The Morgan fingerprint density at radius 3 is 2.86 bits per heavy atom. The van der Waals surface area contributed by atoms with Crippen LogP contribution in [0.4, 0.5) is 5.82 Å². The minimum absolute atomic E-state index is 0.217. The van der Waals surface area contributed by atoms with E-state index >= 15 is 0 Å². The monoisotopic (exact) mass is 282 g/mol. The Balaban J connectivity index is 1.87. The molecule has 2 aromatic heterocycles. The molecule has 0 radical (unpaired) electrons. The van der Waals surface area contributed by atoms with Gasteiger partial charge in [-0.05, 0) is 25.1 Å². The van der Waals surface area contributed by atoms with Gasteiger partial charge < -0.3 is 10.1 Å². The van der Waals surface area contributed by atoms with Crippen LogP contribution in [-0.2, 0) is 6.54 Å². The van der Waals surface area contributed by atoms with Crippen LogP contribution in [0.15, 0.2) is 48.9 Å². The van der Waals surface area contributed by atoms with E-state index in [-0.39, 0.29) is 6.04 Å². The molecule has 5 nitrogen and oxygen atoms in total. The number of hydrogen-bond donors (Lipinski definition) is 1. The Bertz CT molecular complexity index is 724. The van der Waals surface area contributed by atoms with Gasteiger partial charge in [0.05, 0.1) is 13.7 Å². The Morgan fingerprint density at radius 1 is 1.19 bits per heavy atom. The third kappa shape index (κ3) is 2.81. The maximum Gasteiger partial charge on any atom is 0.134 e. The first kappa shape index (κ1) is 13.4. The van der Waals surface area contributed by atoms with Gasteiger partial charge in [0, 0.05) is 35.4 Å². The van der Waals surface area contributed by atoms with Crippen LogP contribution < -0.4 is 10.1 Å². The molecule has 2 heterocycles. The molecular weight excluding hydrogens is 264 g/mol. The highest BCUT2D eigenvalue weighted by atomic mass is 16.5. The van der Waals surface area contributed by atoms with E-state index in [4.69, 9.17) is 4.74 Å². The normalized spacial score (nSPS) is 12.3. The van der Waals surface area contributed by atoms with Gasteiger partial charge in [-0.2, -0.15) is 5.10 Å². The van der Waals surface area contributed by atoms with E-state index in [0.29, 0.717) is 0 Å². The fourth-order valence-corrected chi connectivity index (χ4v) is 2.44. The highest BCUT2D eigenvalue weighted by Crippen LogP contribution is 2.29. The second-order valence-electron chi connectivity index (χ2n) is 4.99. The highest BCUT2D eigenvalue weighted by molar-refractivity contribution is 5.95. The minimum atomic E-state index is 0.217. The van der Waals surface area contributed by atoms with Gasteiger partial charge in [-0.3, -0.25) is 4.68 Å². The summed E-state index contributed by atoms with van der Waals surface area (Å²) in [5, 5.41) is 9.79. The molecule has 0 fully saturated rings. The number of pyridine rings is 1. The Morgan fingerprint density at radius 2 is 2.10 bits per heavy atom. The molecule has 0 aliphatic heterocycles. The number of aromatic nitrogens is 3. The number of methoxy groups -OCH3 is 1. The molecule has 108 valence electrons. The topological polar surface area (TPSA) is 52.0 Å². The molecule has 1 atom stereocenters. The van der Waals surface area contributed by atoms with Crippen molar-refractivity contribution in [2.24, 2.45) is 0 Å². The second-order valence-corrected chi connectivity index (χ2v) is 4.99. The van der Waals surface area contributed by atoms with E-state index in [0.717, 1.165) is 28.9 Å². The fourth-order valence-electron chi connectivity index (χ4n) is 2.44. The number of fused-ring (bicyclic) bond motifs is 1. The van der Waals surface area contributed by atoms with E-state index in [1.54, 1.807) is 19.5 Å². The van der Waals surface area contributed by atoms with Gasteiger partial charge in [0.15, 0.2) is 0 Å². The van der Waals surface area contributed by atoms with Gasteiger partial charge >= 0.3 is 0 Å². The summed E-state index contributed by atoms with van der Waals surface area (Å²) in [7, 11) is 1.68. The summed E-state index contributed by atoms with van der Waals surface area (Å²) in [5.41, 5.74) is 0. The van der Waals surface area contributed by atoms with Crippen LogP contribution in [-0.4, -0.2) is 27.9 Å². The SMILES string of the molecule is COc1cccc2c(NC(C)Cn3cccn3)nccc12. The molecule has 0 spiro atoms. The van der Waals surface area contributed by atoms with Crippen molar-refractivity contribution in [2.45, 2.75) is 19.5 Å². The summed E-state index contributed by atoms with van der Waals surface area (Å²) in [6.45, 7) is 2.90. The van der Waals surface area contributed by atoms with Gasteiger partial charge in [-0.15, -0.1) is 0 Å². The van der Waals surface area contributed by atoms with E-state index in [9.17, 15) is 0 Å². The van der Waals surface area contributed by atoms with Crippen LogP contribution in [0.1, 0.15) is 6.92 Å². The Hall–Kier alpha value is -2.56. The van der Waals surface area contributed by atoms with Crippen LogP contribution in [0.3, 0.4) is 0 Å². The van der Waals surface area contributed by atoms with Crippen LogP contribution in [0.2, 0.25) is 0 Å². The molecule has 0 saturated carbocycles. The first-order valence-electron chi connectivity index (χ1n) is 6.93. The lowest BCUT2D eigenvalue weighted by Crippen LogP contribution is -2.22. The zero-order valence-corrected chi connectivity index (χ0v) is 12.2. The van der Waals surface area contributed by atoms with Crippen molar-refractivity contribution in [1.29, 1.82) is 0 Å². The Kier molecular flexibility index (Phi) is 3.73. The first-order valence-corrected chi connectivity index (χ1v) is 6.93. The number of nitrogens with one attached hydrogen (secondary N) is 1. The standard InChI is InChI=1S/C16H18N4O/c1-12(11-20-10-4-8-18-20)19-16-14-5-3-6-15(21-2)13(14)7-9-17-16/h3-10,12H,11H2,1-2H3,(H,17,19). The van der Waals surface area contributed by atoms with Crippen molar-refractivity contribution in [3.63, 3.8) is 0 Å². The van der Waals surface area contributed by atoms with Gasteiger partial charge in [0.2, 0.25) is 0 Å². The van der Waals surface area contributed by atoms with Crippen molar-refractivity contribution < 1.29 is 4.74 Å². The average Bonchev–Trinajstić information content (AvgIpc) is 2.99. The third-order valence-electron chi connectivity index (χ3n) is 3.39. The molecule has 21 heavy (non-hydrogen) atoms. The molecule has 0 saturated heterocycles. The van der Waals surface area contributed by atoms with Gasteiger partial charge in [-0.1, -0.05) is 12.1 Å². The van der Waals surface area contributed by atoms with Crippen molar-refractivity contribution in [3.05, 3.63) is 48.9 Å². The summed E-state index contributed by atoms with van der Waals surface area (Å²) >= 11 is 0. The van der Waals surface area contributed by atoms with Crippen molar-refractivity contribution in [1.82, 2.24) is 14.8 Å². The molecule has 5 heteroatoms. The molecule has 0 aliphatic rings. The lowest BCUT2D eigenvalue weighted by Gasteiger charge is -2.16. The molecule has 3 rings (SSSR count). The van der Waals surface area contributed by atoms with E-state index < -0.39 is 0 Å². The summed E-state index contributed by atoms with van der Waals surface area (Å²) in [4.78, 5) is 4.46. The average molecular weight is 282 g/mol. The summed E-state index contributed by atoms with van der Waals surface area (Å²) in [5.74, 6) is 1.73. The fraction of sp³-hybridized carbons (Fsp3) is 0.250. The number of anilines is 1. The van der Waals surface area contributed by atoms with Gasteiger partial charge in [-0.25, -0.2) is 4.98 Å². The van der Waals surface area contributed by atoms with E-state index in [1.165, 1.54) is 0 Å². The number of rotatable bonds is 5. The molecule has 0 bridgehead atoms. The maximum absolute atomic E-state index is 5.40. The zero-order valence-electron chi connectivity index (χ0n) is 12.2. The maximum atomic E-state index is 5.40. The molecule has 1 unspecified atom stereocenters. The van der Waals surface area contributed by atoms with Gasteiger partial charge in [0.25, 0.3) is 0 Å². The molecule has 0 aliphatic carbocycles. The number of benzene rings is 1. The van der Waals surface area contributed by atoms with Crippen LogP contribution in [0, 0.1) is 0 Å². The van der Waals surface area contributed by atoms with Crippen molar-refractivity contribution in [2.75, 3.05) is 12.4 Å². The smallest absolute Gasteiger partial charge is 0.134 e. The summed E-state index contributed by atoms with van der Waals surface area (Å²) < 4.78 is 7.31. The minimum Gasteiger partial charge on any atom is -0.496 e. The predicted octanol–water partition coefficient (Wildman–Crippen LogP) is 2.94. The van der Waals surface area contributed by atoms with Crippen LogP contribution in [0.5, 0.6) is 5.75 Å². The molecule has 1 aromatic carbocycles. The van der Waals surface area contributed by atoms with Crippen molar-refractivity contribution >= 4 is 16.6 Å². The molecule has 1 N–H and O–H groups in total. The quantitative estimate of drug-likeness (QED) is 0.781. The van der Waals surface area contributed by atoms with Crippen LogP contribution >= 0.6 is 0 Å². The number of nitrogens with zero attached hydrogens (tertiary/aromatic N) is 3. The van der Waals surface area contributed by atoms with E-state index in [2.05, 4.69) is 22.3 Å². The largest absolute Gasteiger partial charge is 0.496 e. The highest BCUT2D eigenvalue weighted by Gasteiger charge is 2.09. The lowest BCUT2D eigenvalue weighted by atomic mass is 10.1. The third-order valence-corrected chi connectivity index (χ3v) is 3.39. The van der Waals surface area contributed by atoms with Gasteiger partial charge in [0.1, 0.15) is 11.6 Å². The van der Waals surface area contributed by atoms with Crippen molar-refractivity contribution in [3.8, 4) is 5.75 Å². The number of hydrogen-bond acceptors (Lipinski definition) is 4. The molecule has 3 aromatic rings. The first-order chi connectivity index (χ1) is 10.3. The van der Waals surface area contributed by atoms with Crippen LogP contribution in [0.25, 0.3) is 10.8 Å². The van der Waals surface area contributed by atoms with E-state index in [1.807, 2.05) is 41.2 Å². The lowest BCUT2D eigenvalue weighted by molar-refractivity contribution is 0.420.